The summed E-state index contributed by atoms with van der Waals surface area (Å²) in [6.45, 7) is 2.02. The first-order valence-electron chi connectivity index (χ1n) is 8.48. The van der Waals surface area contributed by atoms with Crippen LogP contribution in [0.25, 0.3) is 21.3 Å². The van der Waals surface area contributed by atoms with Gasteiger partial charge in [-0.2, -0.15) is 0 Å². The Morgan fingerprint density at radius 3 is 2.75 bits per heavy atom. The number of hydrogen-bond donors (Lipinski definition) is 1. The summed E-state index contributed by atoms with van der Waals surface area (Å²) in [7, 11) is 0. The smallest absolute Gasteiger partial charge is 0.343 e. The maximum atomic E-state index is 12.3. The highest BCUT2D eigenvalue weighted by atomic mass is 32.1. The Morgan fingerprint density at radius 2 is 2.00 bits per heavy atom. The lowest BCUT2D eigenvalue weighted by molar-refractivity contribution is 0.0526. The van der Waals surface area contributed by atoms with Crippen molar-refractivity contribution in [3.05, 3.63) is 59.6 Å². The van der Waals surface area contributed by atoms with Crippen LogP contribution in [0.2, 0.25) is 0 Å². The molecule has 3 aromatic heterocycles. The molecule has 0 aliphatic carbocycles. The van der Waals surface area contributed by atoms with Crippen LogP contribution >= 0.6 is 22.7 Å². The van der Waals surface area contributed by atoms with E-state index in [9.17, 15) is 4.79 Å². The number of rotatable bonds is 6. The summed E-state index contributed by atoms with van der Waals surface area (Å²) in [4.78, 5) is 22.2. The Balaban J connectivity index is 1.69. The van der Waals surface area contributed by atoms with Crippen molar-refractivity contribution < 1.29 is 9.53 Å². The Labute approximate surface area is 169 Å². The lowest BCUT2D eigenvalue weighted by Gasteiger charge is -2.10. The fourth-order valence-electron chi connectivity index (χ4n) is 2.44. The summed E-state index contributed by atoms with van der Waals surface area (Å²) in [5, 5.41) is 14.8. The molecule has 0 spiro atoms. The van der Waals surface area contributed by atoms with Crippen molar-refractivity contribution in [2.45, 2.75) is 6.92 Å². The van der Waals surface area contributed by atoms with Crippen LogP contribution in [0, 0.1) is 0 Å². The van der Waals surface area contributed by atoms with Crippen molar-refractivity contribution in [3.63, 3.8) is 0 Å². The van der Waals surface area contributed by atoms with Crippen LogP contribution in [-0.2, 0) is 4.74 Å². The molecule has 0 amide bonds. The molecule has 4 aromatic rings. The van der Waals surface area contributed by atoms with Gasteiger partial charge in [-0.25, -0.2) is 14.8 Å². The SMILES string of the molecule is CCOC(=O)c1cnc(-c2ccccc2)nc1Nc1nnc(-c2cccs2)s1. The summed E-state index contributed by atoms with van der Waals surface area (Å²) >= 11 is 2.98. The van der Waals surface area contributed by atoms with E-state index in [0.717, 1.165) is 15.4 Å². The summed E-state index contributed by atoms with van der Waals surface area (Å²) in [5.41, 5.74) is 1.09. The number of esters is 1. The summed E-state index contributed by atoms with van der Waals surface area (Å²) in [5.74, 6) is 0.341. The molecule has 0 saturated carbocycles. The average Bonchev–Trinajstić information content (AvgIpc) is 3.40. The van der Waals surface area contributed by atoms with Gasteiger partial charge in [0.05, 0.1) is 11.5 Å². The molecule has 0 atom stereocenters. The number of hydrogen-bond acceptors (Lipinski definition) is 9. The van der Waals surface area contributed by atoms with Crippen LogP contribution in [0.4, 0.5) is 10.9 Å². The van der Waals surface area contributed by atoms with Crippen LogP contribution in [0.15, 0.2) is 54.0 Å². The fraction of sp³-hybridized carbons (Fsp3) is 0.105. The maximum Gasteiger partial charge on any atom is 0.343 e. The zero-order valence-corrected chi connectivity index (χ0v) is 16.5. The van der Waals surface area contributed by atoms with E-state index in [1.54, 1.807) is 18.3 Å². The minimum atomic E-state index is -0.493. The Morgan fingerprint density at radius 1 is 1.14 bits per heavy atom. The molecule has 0 aliphatic rings. The van der Waals surface area contributed by atoms with E-state index in [1.165, 1.54) is 17.5 Å². The number of nitrogens with zero attached hydrogens (tertiary/aromatic N) is 4. The van der Waals surface area contributed by atoms with E-state index in [0.29, 0.717) is 16.8 Å². The standard InChI is InChI=1S/C19H15N5O2S2/c1-2-26-18(25)13-11-20-15(12-7-4-3-5-8-12)21-16(13)22-19-24-23-17(28-19)14-9-6-10-27-14/h3-11H,2H2,1H3,(H,20,21,22,24). The van der Waals surface area contributed by atoms with Gasteiger partial charge < -0.3 is 10.1 Å². The largest absolute Gasteiger partial charge is 0.462 e. The van der Waals surface area contributed by atoms with Crippen molar-refractivity contribution in [2.75, 3.05) is 11.9 Å². The van der Waals surface area contributed by atoms with Crippen LogP contribution in [0.1, 0.15) is 17.3 Å². The molecule has 3 heterocycles. The third-order valence-electron chi connectivity index (χ3n) is 3.70. The number of benzene rings is 1. The molecule has 4 rings (SSSR count). The van der Waals surface area contributed by atoms with Gasteiger partial charge >= 0.3 is 5.97 Å². The molecule has 1 N–H and O–H groups in total. The summed E-state index contributed by atoms with van der Waals surface area (Å²) in [6.07, 6.45) is 1.47. The van der Waals surface area contributed by atoms with Gasteiger partial charge in [0, 0.05) is 11.8 Å². The molecule has 9 heteroatoms. The molecule has 0 unspecified atom stereocenters. The molecule has 7 nitrogen and oxygen atoms in total. The Bertz CT molecular complexity index is 1080. The Kier molecular flexibility index (Phi) is 5.36. The van der Waals surface area contributed by atoms with Crippen LogP contribution in [0.5, 0.6) is 0 Å². The maximum absolute atomic E-state index is 12.3. The van der Waals surface area contributed by atoms with E-state index in [-0.39, 0.29) is 12.2 Å². The number of thiophene rings is 1. The van der Waals surface area contributed by atoms with Crippen LogP contribution in [0.3, 0.4) is 0 Å². The number of aromatic nitrogens is 4. The highest BCUT2D eigenvalue weighted by Crippen LogP contribution is 2.31. The van der Waals surface area contributed by atoms with Gasteiger partial charge in [-0.15, -0.1) is 21.5 Å². The molecule has 28 heavy (non-hydrogen) atoms. The van der Waals surface area contributed by atoms with Gasteiger partial charge in [-0.1, -0.05) is 47.7 Å². The van der Waals surface area contributed by atoms with Gasteiger partial charge in [-0.05, 0) is 18.4 Å². The van der Waals surface area contributed by atoms with Crippen molar-refractivity contribution >= 4 is 39.6 Å². The predicted octanol–water partition coefficient (Wildman–Crippen LogP) is 4.64. The minimum Gasteiger partial charge on any atom is -0.462 e. The fourth-order valence-corrected chi connectivity index (χ4v) is 3.97. The van der Waals surface area contributed by atoms with Gasteiger partial charge in [0.2, 0.25) is 5.13 Å². The quantitative estimate of drug-likeness (QED) is 0.464. The van der Waals surface area contributed by atoms with E-state index < -0.39 is 5.97 Å². The van der Waals surface area contributed by atoms with Gasteiger partial charge in [-0.3, -0.25) is 0 Å². The molecular weight excluding hydrogens is 394 g/mol. The predicted molar refractivity (Wildman–Crippen MR) is 110 cm³/mol. The molecule has 140 valence electrons. The van der Waals surface area contributed by atoms with Gasteiger partial charge in [0.15, 0.2) is 16.6 Å². The molecule has 0 saturated heterocycles. The second-order valence-corrected chi connectivity index (χ2v) is 7.48. The number of nitrogens with one attached hydrogen (secondary N) is 1. The third-order valence-corrected chi connectivity index (χ3v) is 5.58. The van der Waals surface area contributed by atoms with Crippen molar-refractivity contribution in [1.82, 2.24) is 20.2 Å². The summed E-state index contributed by atoms with van der Waals surface area (Å²) in [6, 6.07) is 13.5. The number of ether oxygens (including phenoxy) is 1. The molecule has 0 radical (unpaired) electrons. The summed E-state index contributed by atoms with van der Waals surface area (Å²) < 4.78 is 5.13. The molecule has 0 aliphatic heterocycles. The van der Waals surface area contributed by atoms with E-state index in [2.05, 4.69) is 25.5 Å². The zero-order valence-electron chi connectivity index (χ0n) is 14.8. The molecule has 0 fully saturated rings. The van der Waals surface area contributed by atoms with E-state index >= 15 is 0 Å². The molecular formula is C19H15N5O2S2. The van der Waals surface area contributed by atoms with Gasteiger partial charge in [0.25, 0.3) is 0 Å². The lowest BCUT2D eigenvalue weighted by Crippen LogP contribution is -2.11. The first-order chi connectivity index (χ1) is 13.7. The van der Waals surface area contributed by atoms with Crippen molar-refractivity contribution in [2.24, 2.45) is 0 Å². The Hall–Kier alpha value is -3.17. The third kappa shape index (κ3) is 3.90. The number of anilines is 2. The molecule has 0 bridgehead atoms. The first kappa shape index (κ1) is 18.2. The highest BCUT2D eigenvalue weighted by Gasteiger charge is 2.18. The minimum absolute atomic E-state index is 0.245. The monoisotopic (exact) mass is 409 g/mol. The second kappa shape index (κ2) is 8.24. The topological polar surface area (TPSA) is 89.9 Å². The lowest BCUT2D eigenvalue weighted by atomic mass is 10.2. The molecule has 1 aromatic carbocycles. The van der Waals surface area contributed by atoms with Crippen molar-refractivity contribution in [3.8, 4) is 21.3 Å². The van der Waals surface area contributed by atoms with E-state index in [4.69, 9.17) is 4.74 Å². The highest BCUT2D eigenvalue weighted by molar-refractivity contribution is 7.22. The number of carbonyl (C=O) groups excluding carboxylic acids is 1. The normalized spacial score (nSPS) is 10.6. The van der Waals surface area contributed by atoms with Crippen LogP contribution in [-0.4, -0.2) is 32.7 Å². The first-order valence-corrected chi connectivity index (χ1v) is 10.2. The van der Waals surface area contributed by atoms with Crippen LogP contribution < -0.4 is 5.32 Å². The van der Waals surface area contributed by atoms with Crippen molar-refractivity contribution in [1.29, 1.82) is 0 Å². The zero-order chi connectivity index (χ0) is 19.3. The van der Waals surface area contributed by atoms with E-state index in [1.807, 2.05) is 47.8 Å². The average molecular weight is 409 g/mol. The number of carbonyl (C=O) groups is 1. The van der Waals surface area contributed by atoms with Gasteiger partial charge in [0.1, 0.15) is 5.56 Å². The second-order valence-electron chi connectivity index (χ2n) is 5.56.